The molecule has 0 unspecified atom stereocenters. The Morgan fingerprint density at radius 2 is 1.83 bits per heavy atom. The lowest BCUT2D eigenvalue weighted by atomic mass is 10.2. The van der Waals surface area contributed by atoms with Crippen LogP contribution in [0.5, 0.6) is 0 Å². The van der Waals surface area contributed by atoms with E-state index in [1.165, 1.54) is 18.3 Å². The Morgan fingerprint density at radius 1 is 1.00 bits per heavy atom. The van der Waals surface area contributed by atoms with E-state index in [9.17, 15) is 9.59 Å². The highest BCUT2D eigenvalue weighted by atomic mass is 16.2. The maximum Gasteiger partial charge on any atom is 0.255 e. The molecule has 0 radical (unpaired) electrons. The molecule has 0 aliphatic carbocycles. The number of carbonyl (C=O) groups excluding carboxylic acids is 1. The molecule has 6 heteroatoms. The molecule has 0 saturated heterocycles. The van der Waals surface area contributed by atoms with Crippen molar-refractivity contribution in [2.45, 2.75) is 0 Å². The number of hydrogen-bond acceptors (Lipinski definition) is 4. The first-order valence-electron chi connectivity index (χ1n) is 6.99. The summed E-state index contributed by atoms with van der Waals surface area (Å²) < 4.78 is 0. The minimum absolute atomic E-state index is 0.292. The van der Waals surface area contributed by atoms with Gasteiger partial charge >= 0.3 is 0 Å². The molecule has 2 aromatic heterocycles. The van der Waals surface area contributed by atoms with E-state index in [0.717, 1.165) is 5.69 Å². The monoisotopic (exact) mass is 306 g/mol. The molecule has 0 aliphatic heterocycles. The Balaban J connectivity index is 1.68. The van der Waals surface area contributed by atoms with E-state index in [2.05, 4.69) is 20.6 Å². The minimum Gasteiger partial charge on any atom is -0.340 e. The highest BCUT2D eigenvalue weighted by molar-refractivity contribution is 6.04. The fraction of sp³-hybridized carbons (Fsp3) is 0. The predicted molar refractivity (Wildman–Crippen MR) is 89.0 cm³/mol. The molecule has 1 aromatic carbocycles. The average Bonchev–Trinajstić information content (AvgIpc) is 2.57. The first-order valence-corrected chi connectivity index (χ1v) is 6.99. The summed E-state index contributed by atoms with van der Waals surface area (Å²) >= 11 is 0. The van der Waals surface area contributed by atoms with Gasteiger partial charge in [-0.05, 0) is 30.3 Å². The van der Waals surface area contributed by atoms with Crippen LogP contribution in [-0.2, 0) is 0 Å². The Morgan fingerprint density at radius 3 is 2.52 bits per heavy atom. The van der Waals surface area contributed by atoms with Crippen molar-refractivity contribution >= 4 is 23.1 Å². The van der Waals surface area contributed by atoms with E-state index in [0.29, 0.717) is 17.1 Å². The third-order valence-corrected chi connectivity index (χ3v) is 3.10. The number of nitrogens with one attached hydrogen (secondary N) is 3. The van der Waals surface area contributed by atoms with Crippen molar-refractivity contribution in [3.63, 3.8) is 0 Å². The zero-order valence-electron chi connectivity index (χ0n) is 12.1. The third kappa shape index (κ3) is 3.82. The number of para-hydroxylation sites is 1. The smallest absolute Gasteiger partial charge is 0.255 e. The molecule has 114 valence electrons. The minimum atomic E-state index is -0.360. The maximum absolute atomic E-state index is 12.0. The number of hydrogen-bond donors (Lipinski definition) is 3. The number of anilines is 3. The number of H-pyrrole nitrogens is 1. The van der Waals surface area contributed by atoms with Crippen LogP contribution in [0.2, 0.25) is 0 Å². The molecule has 0 spiro atoms. The van der Waals surface area contributed by atoms with Gasteiger partial charge in [0.25, 0.3) is 5.91 Å². The van der Waals surface area contributed by atoms with Crippen LogP contribution in [0.4, 0.5) is 17.2 Å². The van der Waals surface area contributed by atoms with Crippen LogP contribution in [0.25, 0.3) is 0 Å². The van der Waals surface area contributed by atoms with E-state index in [4.69, 9.17) is 0 Å². The van der Waals surface area contributed by atoms with Gasteiger partial charge in [0.1, 0.15) is 5.82 Å². The van der Waals surface area contributed by atoms with E-state index >= 15 is 0 Å². The van der Waals surface area contributed by atoms with Crippen molar-refractivity contribution in [1.82, 2.24) is 9.97 Å². The van der Waals surface area contributed by atoms with Crippen molar-refractivity contribution in [2.75, 3.05) is 10.6 Å². The standard InChI is InChI=1S/C17H14N4O2/c22-16-10-12(8-9-18-16)17(23)21-14-6-7-15(19-11-14)20-13-4-2-1-3-5-13/h1-11H,(H,18,22)(H,19,20)(H,21,23). The molecule has 0 bridgehead atoms. The van der Waals surface area contributed by atoms with Gasteiger partial charge in [-0.15, -0.1) is 0 Å². The Bertz CT molecular complexity index is 858. The normalized spacial score (nSPS) is 10.1. The molecule has 3 aromatic rings. The number of aromatic amines is 1. The molecular formula is C17H14N4O2. The second kappa shape index (κ2) is 6.57. The van der Waals surface area contributed by atoms with Gasteiger partial charge in [-0.3, -0.25) is 9.59 Å². The molecule has 2 heterocycles. The molecule has 1 amide bonds. The first kappa shape index (κ1) is 14.5. The average molecular weight is 306 g/mol. The fourth-order valence-corrected chi connectivity index (χ4v) is 2.00. The SMILES string of the molecule is O=C(Nc1ccc(Nc2ccccc2)nc1)c1cc[nH]c(=O)c1. The summed E-state index contributed by atoms with van der Waals surface area (Å²) in [7, 11) is 0. The third-order valence-electron chi connectivity index (χ3n) is 3.10. The molecule has 0 aliphatic rings. The van der Waals surface area contributed by atoms with Gasteiger partial charge in [0.05, 0.1) is 11.9 Å². The summed E-state index contributed by atoms with van der Waals surface area (Å²) in [6.07, 6.45) is 2.98. The topological polar surface area (TPSA) is 86.9 Å². The number of carbonyl (C=O) groups is 1. The molecule has 6 nitrogen and oxygen atoms in total. The van der Waals surface area contributed by atoms with E-state index in [-0.39, 0.29) is 11.5 Å². The quantitative estimate of drug-likeness (QED) is 0.691. The highest BCUT2D eigenvalue weighted by Crippen LogP contribution is 2.16. The number of benzene rings is 1. The molecular weight excluding hydrogens is 292 g/mol. The number of pyridine rings is 2. The summed E-state index contributed by atoms with van der Waals surface area (Å²) in [5.74, 6) is 0.312. The van der Waals surface area contributed by atoms with Gasteiger partial charge in [0.2, 0.25) is 5.56 Å². The van der Waals surface area contributed by atoms with Crippen LogP contribution >= 0.6 is 0 Å². The van der Waals surface area contributed by atoms with E-state index in [1.807, 2.05) is 30.3 Å². The largest absolute Gasteiger partial charge is 0.340 e. The maximum atomic E-state index is 12.0. The van der Waals surface area contributed by atoms with Gasteiger partial charge in [0.15, 0.2) is 0 Å². The van der Waals surface area contributed by atoms with Crippen molar-refractivity contribution < 1.29 is 4.79 Å². The summed E-state index contributed by atoms with van der Waals surface area (Å²) in [6, 6.07) is 15.9. The Labute approximate surface area is 132 Å². The molecule has 0 atom stereocenters. The summed E-state index contributed by atoms with van der Waals surface area (Å²) in [6.45, 7) is 0. The van der Waals surface area contributed by atoms with Gasteiger partial charge < -0.3 is 15.6 Å². The van der Waals surface area contributed by atoms with Crippen molar-refractivity contribution in [1.29, 1.82) is 0 Å². The van der Waals surface area contributed by atoms with Crippen LogP contribution in [-0.4, -0.2) is 15.9 Å². The fourth-order valence-electron chi connectivity index (χ4n) is 2.00. The number of amides is 1. The van der Waals surface area contributed by atoms with Gasteiger partial charge in [-0.2, -0.15) is 0 Å². The van der Waals surface area contributed by atoms with Gasteiger partial charge in [0, 0.05) is 23.5 Å². The molecule has 0 saturated carbocycles. The van der Waals surface area contributed by atoms with Crippen molar-refractivity contribution in [3.05, 3.63) is 82.9 Å². The van der Waals surface area contributed by atoms with Gasteiger partial charge in [-0.25, -0.2) is 4.98 Å². The number of nitrogens with zero attached hydrogens (tertiary/aromatic N) is 1. The summed E-state index contributed by atoms with van der Waals surface area (Å²) in [5.41, 5.74) is 1.45. The zero-order valence-corrected chi connectivity index (χ0v) is 12.1. The molecule has 0 fully saturated rings. The number of rotatable bonds is 4. The Kier molecular flexibility index (Phi) is 4.15. The second-order valence-corrected chi connectivity index (χ2v) is 4.82. The van der Waals surface area contributed by atoms with Crippen molar-refractivity contribution in [2.24, 2.45) is 0 Å². The highest BCUT2D eigenvalue weighted by Gasteiger charge is 2.06. The summed E-state index contributed by atoms with van der Waals surface area (Å²) in [4.78, 5) is 30.0. The lowest BCUT2D eigenvalue weighted by molar-refractivity contribution is 0.102. The zero-order chi connectivity index (χ0) is 16.1. The lowest BCUT2D eigenvalue weighted by Crippen LogP contribution is -2.15. The van der Waals surface area contributed by atoms with Crippen LogP contribution in [0, 0.1) is 0 Å². The van der Waals surface area contributed by atoms with Crippen LogP contribution in [0.15, 0.2) is 71.8 Å². The Hall–Kier alpha value is -3.41. The van der Waals surface area contributed by atoms with Crippen LogP contribution in [0.1, 0.15) is 10.4 Å². The van der Waals surface area contributed by atoms with Crippen LogP contribution < -0.4 is 16.2 Å². The second-order valence-electron chi connectivity index (χ2n) is 4.82. The molecule has 3 N–H and O–H groups in total. The van der Waals surface area contributed by atoms with Gasteiger partial charge in [-0.1, -0.05) is 18.2 Å². The first-order chi connectivity index (χ1) is 11.2. The van der Waals surface area contributed by atoms with Crippen molar-refractivity contribution in [3.8, 4) is 0 Å². The number of aromatic nitrogens is 2. The van der Waals surface area contributed by atoms with Crippen LogP contribution in [0.3, 0.4) is 0 Å². The molecule has 23 heavy (non-hydrogen) atoms. The lowest BCUT2D eigenvalue weighted by Gasteiger charge is -2.07. The predicted octanol–water partition coefficient (Wildman–Crippen LogP) is 2.77. The van der Waals surface area contributed by atoms with E-state index in [1.54, 1.807) is 18.3 Å². The molecule has 3 rings (SSSR count). The summed E-state index contributed by atoms with van der Waals surface area (Å²) in [5, 5.41) is 5.85. The van der Waals surface area contributed by atoms with E-state index < -0.39 is 0 Å².